The highest BCUT2D eigenvalue weighted by atomic mass is 16.4. The average Bonchev–Trinajstić information content (AvgIpc) is 2.37. The van der Waals surface area contributed by atoms with Crippen molar-refractivity contribution in [3.8, 4) is 0 Å². The molecule has 1 saturated heterocycles. The summed E-state index contributed by atoms with van der Waals surface area (Å²) in [6.07, 6.45) is 1.86. The summed E-state index contributed by atoms with van der Waals surface area (Å²) >= 11 is 0. The lowest BCUT2D eigenvalue weighted by molar-refractivity contribution is -0.151. The van der Waals surface area contributed by atoms with Gasteiger partial charge >= 0.3 is 5.97 Å². The summed E-state index contributed by atoms with van der Waals surface area (Å²) in [6.45, 7) is 10.9. The summed E-state index contributed by atoms with van der Waals surface area (Å²) in [7, 11) is 0. The van der Waals surface area contributed by atoms with Crippen LogP contribution in [0, 0.1) is 11.3 Å². The topological polar surface area (TPSA) is 69.6 Å². The van der Waals surface area contributed by atoms with E-state index in [1.54, 1.807) is 13.8 Å². The van der Waals surface area contributed by atoms with E-state index in [4.69, 9.17) is 0 Å². The van der Waals surface area contributed by atoms with Crippen LogP contribution in [0.25, 0.3) is 0 Å². The lowest BCUT2D eigenvalue weighted by Crippen LogP contribution is -2.53. The molecule has 0 bridgehead atoms. The third-order valence-corrected chi connectivity index (χ3v) is 4.38. The predicted molar refractivity (Wildman–Crippen MR) is 78.5 cm³/mol. The van der Waals surface area contributed by atoms with Crippen LogP contribution in [0.2, 0.25) is 0 Å². The highest BCUT2D eigenvalue weighted by Crippen LogP contribution is 2.34. The molecule has 1 amide bonds. The number of likely N-dealkylation sites (tertiary alicyclic amines) is 1. The summed E-state index contributed by atoms with van der Waals surface area (Å²) in [5, 5.41) is 12.3. The minimum atomic E-state index is -0.761. The Morgan fingerprint density at radius 1 is 1.30 bits per heavy atom. The van der Waals surface area contributed by atoms with Crippen molar-refractivity contribution in [1.82, 2.24) is 10.2 Å². The normalized spacial score (nSPS) is 22.6. The van der Waals surface area contributed by atoms with Crippen LogP contribution in [-0.2, 0) is 9.59 Å². The molecule has 5 nitrogen and oxygen atoms in total. The fourth-order valence-corrected chi connectivity index (χ4v) is 2.69. The first-order chi connectivity index (χ1) is 9.16. The molecule has 1 aliphatic rings. The summed E-state index contributed by atoms with van der Waals surface area (Å²) in [4.78, 5) is 25.6. The number of hydrogen-bond acceptors (Lipinski definition) is 3. The summed E-state index contributed by atoms with van der Waals surface area (Å²) < 4.78 is 0. The number of carbonyl (C=O) groups excluding carboxylic acids is 1. The van der Waals surface area contributed by atoms with E-state index in [9.17, 15) is 14.7 Å². The Kier molecular flexibility index (Phi) is 5.57. The van der Waals surface area contributed by atoms with Crippen molar-refractivity contribution in [2.24, 2.45) is 11.3 Å². The minimum Gasteiger partial charge on any atom is -0.481 e. The van der Waals surface area contributed by atoms with E-state index in [1.165, 1.54) is 0 Å². The van der Waals surface area contributed by atoms with E-state index >= 15 is 0 Å². The Morgan fingerprint density at radius 3 is 2.40 bits per heavy atom. The Balaban J connectivity index is 2.69. The molecule has 2 atom stereocenters. The van der Waals surface area contributed by atoms with Gasteiger partial charge in [-0.15, -0.1) is 0 Å². The molecule has 0 aromatic carbocycles. The lowest BCUT2D eigenvalue weighted by Gasteiger charge is -2.41. The van der Waals surface area contributed by atoms with Crippen LogP contribution >= 0.6 is 0 Å². The number of hydrogen-bond donors (Lipinski definition) is 2. The summed E-state index contributed by atoms with van der Waals surface area (Å²) in [5.41, 5.74) is -0.743. The van der Waals surface area contributed by atoms with Crippen molar-refractivity contribution in [1.29, 1.82) is 0 Å². The summed E-state index contributed by atoms with van der Waals surface area (Å²) in [6, 6.07) is -0.0780. The number of carboxylic acids is 1. The number of rotatable bonds is 5. The lowest BCUT2D eigenvalue weighted by atomic mass is 9.74. The maximum atomic E-state index is 12.1. The van der Waals surface area contributed by atoms with Crippen molar-refractivity contribution < 1.29 is 14.7 Å². The van der Waals surface area contributed by atoms with E-state index in [2.05, 4.69) is 10.2 Å². The molecule has 0 radical (unpaired) electrons. The average molecular weight is 284 g/mol. The van der Waals surface area contributed by atoms with Crippen molar-refractivity contribution in [2.75, 3.05) is 13.1 Å². The van der Waals surface area contributed by atoms with Gasteiger partial charge in [0.1, 0.15) is 0 Å². The molecule has 116 valence electrons. The second kappa shape index (κ2) is 6.57. The first-order valence-corrected chi connectivity index (χ1v) is 7.44. The molecule has 0 spiro atoms. The molecule has 1 rings (SSSR count). The van der Waals surface area contributed by atoms with Crippen LogP contribution < -0.4 is 5.32 Å². The van der Waals surface area contributed by atoms with Gasteiger partial charge in [-0.25, -0.2) is 0 Å². The van der Waals surface area contributed by atoms with Gasteiger partial charge in [0.05, 0.1) is 11.5 Å². The highest BCUT2D eigenvalue weighted by molar-refractivity contribution is 5.81. The van der Waals surface area contributed by atoms with E-state index in [-0.39, 0.29) is 23.9 Å². The number of carbonyl (C=O) groups is 2. The number of amides is 1. The van der Waals surface area contributed by atoms with Crippen LogP contribution in [-0.4, -0.2) is 47.1 Å². The van der Waals surface area contributed by atoms with Gasteiger partial charge in [-0.1, -0.05) is 0 Å². The van der Waals surface area contributed by atoms with Crippen LogP contribution in [0.1, 0.15) is 47.5 Å². The first-order valence-electron chi connectivity index (χ1n) is 7.44. The Hall–Kier alpha value is -1.10. The van der Waals surface area contributed by atoms with Crippen LogP contribution in [0.5, 0.6) is 0 Å². The molecule has 5 heteroatoms. The van der Waals surface area contributed by atoms with E-state index in [0.29, 0.717) is 6.54 Å². The van der Waals surface area contributed by atoms with Crippen LogP contribution in [0.4, 0.5) is 0 Å². The molecule has 2 unspecified atom stereocenters. The van der Waals surface area contributed by atoms with Gasteiger partial charge in [-0.05, 0) is 59.9 Å². The maximum Gasteiger partial charge on any atom is 0.309 e. The Morgan fingerprint density at radius 2 is 1.90 bits per heavy atom. The second-order valence-corrected chi connectivity index (χ2v) is 6.70. The van der Waals surface area contributed by atoms with Gasteiger partial charge in [0.15, 0.2) is 0 Å². The molecular formula is C15H28N2O3. The first kappa shape index (κ1) is 17.0. The monoisotopic (exact) mass is 284 g/mol. The van der Waals surface area contributed by atoms with Crippen LogP contribution in [0.3, 0.4) is 0 Å². The molecule has 1 fully saturated rings. The molecule has 1 aliphatic heterocycles. The standard InChI is InChI=1S/C15H28N2O3/c1-10(2)16-13(18)11(3)17-8-6-7-12(9-17)15(4,5)14(19)20/h10-12H,6-9H2,1-5H3,(H,16,18)(H,19,20). The molecule has 0 aliphatic carbocycles. The molecule has 0 saturated carbocycles. The molecular weight excluding hydrogens is 256 g/mol. The van der Waals surface area contributed by atoms with Crippen molar-refractivity contribution in [2.45, 2.75) is 59.5 Å². The largest absolute Gasteiger partial charge is 0.481 e. The van der Waals surface area contributed by atoms with Gasteiger partial charge in [-0.3, -0.25) is 14.5 Å². The van der Waals surface area contributed by atoms with E-state index in [0.717, 1.165) is 19.4 Å². The van der Waals surface area contributed by atoms with Gasteiger partial charge in [-0.2, -0.15) is 0 Å². The van der Waals surface area contributed by atoms with Gasteiger partial charge in [0.2, 0.25) is 5.91 Å². The predicted octanol–water partition coefficient (Wildman–Crippen LogP) is 1.72. The molecule has 0 aromatic heterocycles. The number of piperidine rings is 1. The van der Waals surface area contributed by atoms with Crippen molar-refractivity contribution >= 4 is 11.9 Å². The third kappa shape index (κ3) is 3.95. The Bertz CT molecular complexity index is 366. The minimum absolute atomic E-state index is 0.0220. The zero-order valence-corrected chi connectivity index (χ0v) is 13.3. The van der Waals surface area contributed by atoms with E-state index < -0.39 is 11.4 Å². The molecule has 1 heterocycles. The zero-order chi connectivity index (χ0) is 15.5. The SMILES string of the molecule is CC(C)NC(=O)C(C)N1CCCC(C(C)(C)C(=O)O)C1. The number of aliphatic carboxylic acids is 1. The number of nitrogens with one attached hydrogen (secondary N) is 1. The van der Waals surface area contributed by atoms with E-state index in [1.807, 2.05) is 20.8 Å². The van der Waals surface area contributed by atoms with Crippen molar-refractivity contribution in [3.05, 3.63) is 0 Å². The van der Waals surface area contributed by atoms with Gasteiger partial charge in [0, 0.05) is 12.6 Å². The fraction of sp³-hybridized carbons (Fsp3) is 0.867. The van der Waals surface area contributed by atoms with Crippen LogP contribution in [0.15, 0.2) is 0 Å². The number of nitrogens with zero attached hydrogens (tertiary/aromatic N) is 1. The quantitative estimate of drug-likeness (QED) is 0.806. The molecule has 0 aromatic rings. The van der Waals surface area contributed by atoms with Gasteiger partial charge in [0.25, 0.3) is 0 Å². The Labute approximate surface area is 121 Å². The molecule has 2 N–H and O–H groups in total. The third-order valence-electron chi connectivity index (χ3n) is 4.38. The highest BCUT2D eigenvalue weighted by Gasteiger charge is 2.40. The molecule has 20 heavy (non-hydrogen) atoms. The van der Waals surface area contributed by atoms with Gasteiger partial charge < -0.3 is 10.4 Å². The zero-order valence-electron chi connectivity index (χ0n) is 13.3. The fourth-order valence-electron chi connectivity index (χ4n) is 2.69. The second-order valence-electron chi connectivity index (χ2n) is 6.70. The van der Waals surface area contributed by atoms with Crippen molar-refractivity contribution in [3.63, 3.8) is 0 Å². The number of carboxylic acid groups (broad SMARTS) is 1. The summed E-state index contributed by atoms with van der Waals surface area (Å²) in [5.74, 6) is -0.652. The maximum absolute atomic E-state index is 12.1. The smallest absolute Gasteiger partial charge is 0.309 e.